The van der Waals surface area contributed by atoms with Gasteiger partial charge in [-0.1, -0.05) is 29.4 Å². The van der Waals surface area contributed by atoms with Crippen LogP contribution < -0.4 is 0 Å². The van der Waals surface area contributed by atoms with Gasteiger partial charge in [0, 0.05) is 6.08 Å². The second-order valence-electron chi connectivity index (χ2n) is 2.77. The molecule has 15 heavy (non-hydrogen) atoms. The van der Waals surface area contributed by atoms with E-state index in [1.165, 1.54) is 19.4 Å². The summed E-state index contributed by atoms with van der Waals surface area (Å²) in [5, 5.41) is 11.2. The fourth-order valence-corrected chi connectivity index (χ4v) is 0.992. The Morgan fingerprint density at radius 1 is 1.33 bits per heavy atom. The Kier molecular flexibility index (Phi) is 4.09. The van der Waals surface area contributed by atoms with Crippen LogP contribution in [0.3, 0.4) is 0 Å². The molecule has 0 heterocycles. The minimum atomic E-state index is -0.393. The smallest absolute Gasteiger partial charge is 0.330 e. The largest absolute Gasteiger partial charge is 0.466 e. The number of carbonyl (C=O) groups excluding carboxylic acids is 1. The van der Waals surface area contributed by atoms with E-state index >= 15 is 0 Å². The number of oxime groups is 1. The summed E-state index contributed by atoms with van der Waals surface area (Å²) in [6, 6.07) is 7.15. The second-order valence-corrected chi connectivity index (χ2v) is 2.77. The zero-order chi connectivity index (χ0) is 11.1. The van der Waals surface area contributed by atoms with Gasteiger partial charge in [0.2, 0.25) is 0 Å². The first-order valence-electron chi connectivity index (χ1n) is 4.30. The predicted molar refractivity (Wildman–Crippen MR) is 56.9 cm³/mol. The van der Waals surface area contributed by atoms with Gasteiger partial charge in [-0.3, -0.25) is 0 Å². The van der Waals surface area contributed by atoms with Crippen molar-refractivity contribution < 1.29 is 14.7 Å². The average molecular weight is 205 g/mol. The van der Waals surface area contributed by atoms with Crippen molar-refractivity contribution in [3.05, 3.63) is 41.5 Å². The van der Waals surface area contributed by atoms with Crippen molar-refractivity contribution in [2.45, 2.75) is 0 Å². The summed E-state index contributed by atoms with van der Waals surface area (Å²) in [6.07, 6.45) is 4.31. The molecule has 78 valence electrons. The first kappa shape index (κ1) is 11.0. The number of ether oxygens (including phenoxy) is 1. The Balaban J connectivity index is 2.72. The fourth-order valence-electron chi connectivity index (χ4n) is 0.992. The van der Waals surface area contributed by atoms with E-state index in [0.29, 0.717) is 0 Å². The maximum Gasteiger partial charge on any atom is 0.330 e. The maximum atomic E-state index is 10.8. The van der Waals surface area contributed by atoms with Crippen LogP contribution in [0.25, 0.3) is 6.08 Å². The SMILES string of the molecule is COC(=O)/C=C/c1ccc(C=NO)cc1. The molecule has 0 aliphatic rings. The number of esters is 1. The molecule has 0 unspecified atom stereocenters. The van der Waals surface area contributed by atoms with Gasteiger partial charge >= 0.3 is 5.97 Å². The van der Waals surface area contributed by atoms with Gasteiger partial charge in [-0.15, -0.1) is 0 Å². The van der Waals surface area contributed by atoms with Crippen LogP contribution in [0, 0.1) is 0 Å². The molecule has 4 nitrogen and oxygen atoms in total. The van der Waals surface area contributed by atoms with E-state index in [2.05, 4.69) is 9.89 Å². The van der Waals surface area contributed by atoms with E-state index in [-0.39, 0.29) is 0 Å². The summed E-state index contributed by atoms with van der Waals surface area (Å²) in [7, 11) is 1.33. The molecule has 0 fully saturated rings. The van der Waals surface area contributed by atoms with Crippen LogP contribution in [0.5, 0.6) is 0 Å². The molecular formula is C11H11NO3. The van der Waals surface area contributed by atoms with Gasteiger partial charge < -0.3 is 9.94 Å². The van der Waals surface area contributed by atoms with Crippen LogP contribution in [0.1, 0.15) is 11.1 Å². The summed E-state index contributed by atoms with van der Waals surface area (Å²) in [5.41, 5.74) is 1.66. The van der Waals surface area contributed by atoms with Crippen LogP contribution in [-0.4, -0.2) is 24.5 Å². The summed E-state index contributed by atoms with van der Waals surface area (Å²) in [4.78, 5) is 10.8. The highest BCUT2D eigenvalue weighted by atomic mass is 16.5. The molecule has 0 bridgehead atoms. The Bertz CT molecular complexity index is 379. The second kappa shape index (κ2) is 5.59. The summed E-state index contributed by atoms with van der Waals surface area (Å²) < 4.78 is 4.45. The number of hydrogen-bond donors (Lipinski definition) is 1. The first-order valence-corrected chi connectivity index (χ1v) is 4.30. The Labute approximate surface area is 87.5 Å². The quantitative estimate of drug-likeness (QED) is 0.268. The third kappa shape index (κ3) is 3.64. The Morgan fingerprint density at radius 3 is 2.47 bits per heavy atom. The van der Waals surface area contributed by atoms with Gasteiger partial charge in [-0.25, -0.2) is 4.79 Å². The highest BCUT2D eigenvalue weighted by molar-refractivity contribution is 5.87. The van der Waals surface area contributed by atoms with Gasteiger partial charge in [0.15, 0.2) is 0 Å². The minimum Gasteiger partial charge on any atom is -0.466 e. The molecule has 0 aliphatic heterocycles. The topological polar surface area (TPSA) is 58.9 Å². The van der Waals surface area contributed by atoms with Crippen LogP contribution in [0.4, 0.5) is 0 Å². The van der Waals surface area contributed by atoms with E-state index in [4.69, 9.17) is 5.21 Å². The third-order valence-electron chi connectivity index (χ3n) is 1.76. The van der Waals surface area contributed by atoms with Crippen LogP contribution in [0.2, 0.25) is 0 Å². The Morgan fingerprint density at radius 2 is 1.93 bits per heavy atom. The van der Waals surface area contributed by atoms with E-state index in [0.717, 1.165) is 11.1 Å². The fraction of sp³-hybridized carbons (Fsp3) is 0.0909. The molecule has 0 atom stereocenters. The average Bonchev–Trinajstić information content (AvgIpc) is 2.28. The van der Waals surface area contributed by atoms with E-state index < -0.39 is 5.97 Å². The van der Waals surface area contributed by atoms with Crippen molar-refractivity contribution in [1.29, 1.82) is 0 Å². The number of carbonyl (C=O) groups is 1. The van der Waals surface area contributed by atoms with Crippen molar-refractivity contribution in [3.63, 3.8) is 0 Å². The molecule has 0 radical (unpaired) electrons. The van der Waals surface area contributed by atoms with Crippen LogP contribution in [-0.2, 0) is 9.53 Å². The number of rotatable bonds is 3. The van der Waals surface area contributed by atoms with Crippen molar-refractivity contribution in [1.82, 2.24) is 0 Å². The monoisotopic (exact) mass is 205 g/mol. The standard InChI is InChI=1S/C11H11NO3/c1-15-11(13)7-6-9-2-4-10(5-3-9)8-12-14/h2-8,14H,1H3/b7-6+,12-8?. The normalized spacial score (nSPS) is 11.0. The van der Waals surface area contributed by atoms with E-state index in [1.54, 1.807) is 30.3 Å². The molecule has 4 heteroatoms. The Hall–Kier alpha value is -2.10. The molecule has 1 rings (SSSR count). The van der Waals surface area contributed by atoms with Gasteiger partial charge in [-0.2, -0.15) is 0 Å². The lowest BCUT2D eigenvalue weighted by molar-refractivity contribution is -0.134. The molecule has 0 saturated heterocycles. The van der Waals surface area contributed by atoms with Crippen molar-refractivity contribution in [2.24, 2.45) is 5.16 Å². The number of methoxy groups -OCH3 is 1. The molecule has 0 amide bonds. The molecule has 0 spiro atoms. The zero-order valence-electron chi connectivity index (χ0n) is 8.25. The van der Waals surface area contributed by atoms with Gasteiger partial charge in [0.05, 0.1) is 13.3 Å². The lowest BCUT2D eigenvalue weighted by Gasteiger charge is -1.94. The highest BCUT2D eigenvalue weighted by Gasteiger charge is 1.92. The molecule has 1 aromatic carbocycles. The predicted octanol–water partition coefficient (Wildman–Crippen LogP) is 1.68. The number of nitrogens with zero attached hydrogens (tertiary/aromatic N) is 1. The number of benzene rings is 1. The summed E-state index contributed by atoms with van der Waals surface area (Å²) >= 11 is 0. The van der Waals surface area contributed by atoms with Crippen molar-refractivity contribution in [3.8, 4) is 0 Å². The summed E-state index contributed by atoms with van der Waals surface area (Å²) in [5.74, 6) is -0.393. The molecular weight excluding hydrogens is 194 g/mol. The van der Waals surface area contributed by atoms with E-state index in [1.807, 2.05) is 0 Å². The zero-order valence-corrected chi connectivity index (χ0v) is 8.25. The first-order chi connectivity index (χ1) is 7.26. The maximum absolute atomic E-state index is 10.8. The molecule has 0 aliphatic carbocycles. The van der Waals surface area contributed by atoms with Crippen molar-refractivity contribution >= 4 is 18.3 Å². The van der Waals surface area contributed by atoms with Gasteiger partial charge in [0.1, 0.15) is 0 Å². The van der Waals surface area contributed by atoms with Crippen LogP contribution >= 0.6 is 0 Å². The molecule has 1 N–H and O–H groups in total. The third-order valence-corrected chi connectivity index (χ3v) is 1.76. The van der Waals surface area contributed by atoms with Gasteiger partial charge in [0.25, 0.3) is 0 Å². The number of hydrogen-bond acceptors (Lipinski definition) is 4. The van der Waals surface area contributed by atoms with Crippen LogP contribution in [0.15, 0.2) is 35.5 Å². The summed E-state index contributed by atoms with van der Waals surface area (Å²) in [6.45, 7) is 0. The minimum absolute atomic E-state index is 0.393. The highest BCUT2D eigenvalue weighted by Crippen LogP contribution is 2.04. The van der Waals surface area contributed by atoms with Gasteiger partial charge in [-0.05, 0) is 17.2 Å². The molecule has 1 aromatic rings. The molecule has 0 saturated carbocycles. The molecule has 0 aromatic heterocycles. The van der Waals surface area contributed by atoms with Crippen molar-refractivity contribution in [2.75, 3.05) is 7.11 Å². The lowest BCUT2D eigenvalue weighted by Crippen LogP contribution is -1.93. The lowest BCUT2D eigenvalue weighted by atomic mass is 10.1. The van der Waals surface area contributed by atoms with E-state index in [9.17, 15) is 4.79 Å².